The van der Waals surface area contributed by atoms with E-state index in [9.17, 15) is 14.4 Å². The minimum Gasteiger partial charge on any atom is -0.496 e. The van der Waals surface area contributed by atoms with Crippen molar-refractivity contribution in [2.24, 2.45) is 0 Å². The molecule has 27 heavy (non-hydrogen) atoms. The van der Waals surface area contributed by atoms with Crippen LogP contribution >= 0.6 is 0 Å². The Morgan fingerprint density at radius 2 is 1.78 bits per heavy atom. The Balaban J connectivity index is 1.90. The van der Waals surface area contributed by atoms with Gasteiger partial charge in [-0.15, -0.1) is 0 Å². The number of imide groups is 1. The molecule has 2 aromatic rings. The SMILES string of the molecule is COc1ccc(C)cc1C(=O)OCC(=O)NC(=O)Nc1cccc(C)c1C. The maximum Gasteiger partial charge on any atom is 0.342 e. The molecule has 7 heteroatoms. The van der Waals surface area contributed by atoms with E-state index >= 15 is 0 Å². The molecule has 0 aromatic heterocycles. The molecule has 0 aliphatic heterocycles. The van der Waals surface area contributed by atoms with Crippen molar-refractivity contribution >= 4 is 23.6 Å². The fraction of sp³-hybridized carbons (Fsp3) is 0.250. The van der Waals surface area contributed by atoms with E-state index in [2.05, 4.69) is 10.6 Å². The Hall–Kier alpha value is -3.35. The van der Waals surface area contributed by atoms with Gasteiger partial charge < -0.3 is 14.8 Å². The summed E-state index contributed by atoms with van der Waals surface area (Å²) in [6, 6.07) is 9.80. The first-order valence-corrected chi connectivity index (χ1v) is 8.30. The Labute approximate surface area is 157 Å². The van der Waals surface area contributed by atoms with Gasteiger partial charge in [0.25, 0.3) is 5.91 Å². The lowest BCUT2D eigenvalue weighted by molar-refractivity contribution is -0.123. The number of carbonyl (C=O) groups excluding carboxylic acids is 3. The Morgan fingerprint density at radius 1 is 1.04 bits per heavy atom. The number of nitrogens with one attached hydrogen (secondary N) is 2. The topological polar surface area (TPSA) is 93.7 Å². The number of anilines is 1. The molecule has 0 atom stereocenters. The second-order valence-electron chi connectivity index (χ2n) is 6.03. The highest BCUT2D eigenvalue weighted by atomic mass is 16.5. The van der Waals surface area contributed by atoms with Crippen molar-refractivity contribution in [3.05, 3.63) is 58.7 Å². The van der Waals surface area contributed by atoms with Gasteiger partial charge in [-0.25, -0.2) is 9.59 Å². The van der Waals surface area contributed by atoms with Gasteiger partial charge >= 0.3 is 12.0 Å². The lowest BCUT2D eigenvalue weighted by Gasteiger charge is -2.11. The summed E-state index contributed by atoms with van der Waals surface area (Å²) >= 11 is 0. The largest absolute Gasteiger partial charge is 0.496 e. The average molecular weight is 370 g/mol. The van der Waals surface area contributed by atoms with Crippen molar-refractivity contribution < 1.29 is 23.9 Å². The zero-order valence-electron chi connectivity index (χ0n) is 15.7. The number of rotatable bonds is 5. The summed E-state index contributed by atoms with van der Waals surface area (Å²) in [5.74, 6) is -1.10. The number of ether oxygens (including phenoxy) is 2. The molecule has 0 bridgehead atoms. The summed E-state index contributed by atoms with van der Waals surface area (Å²) in [7, 11) is 1.44. The molecule has 0 saturated carbocycles. The lowest BCUT2D eigenvalue weighted by atomic mass is 10.1. The van der Waals surface area contributed by atoms with Gasteiger partial charge in [-0.05, 0) is 50.1 Å². The van der Waals surface area contributed by atoms with Crippen LogP contribution in [0, 0.1) is 20.8 Å². The smallest absolute Gasteiger partial charge is 0.342 e. The van der Waals surface area contributed by atoms with E-state index in [1.807, 2.05) is 26.8 Å². The summed E-state index contributed by atoms with van der Waals surface area (Å²) in [6.45, 7) is 5.02. The first kappa shape index (κ1) is 20.0. The van der Waals surface area contributed by atoms with Gasteiger partial charge in [0.15, 0.2) is 6.61 Å². The first-order chi connectivity index (χ1) is 12.8. The second-order valence-corrected chi connectivity index (χ2v) is 6.03. The van der Waals surface area contributed by atoms with Crippen LogP contribution in [0.25, 0.3) is 0 Å². The van der Waals surface area contributed by atoms with E-state index in [0.717, 1.165) is 16.7 Å². The van der Waals surface area contributed by atoms with Crippen LogP contribution in [-0.2, 0) is 9.53 Å². The molecule has 2 rings (SSSR count). The molecule has 0 spiro atoms. The Kier molecular flexibility index (Phi) is 6.54. The summed E-state index contributed by atoms with van der Waals surface area (Å²) in [5.41, 5.74) is 3.57. The van der Waals surface area contributed by atoms with Gasteiger partial charge in [0.2, 0.25) is 0 Å². The van der Waals surface area contributed by atoms with Crippen LogP contribution in [0.5, 0.6) is 5.75 Å². The third kappa shape index (κ3) is 5.31. The van der Waals surface area contributed by atoms with Crippen molar-refractivity contribution in [1.29, 1.82) is 0 Å². The molecular formula is C20H22N2O5. The molecule has 0 aliphatic carbocycles. The predicted octanol–water partition coefficient (Wildman–Crippen LogP) is 3.13. The Bertz CT molecular complexity index is 877. The number of esters is 1. The fourth-order valence-electron chi connectivity index (χ4n) is 2.39. The normalized spacial score (nSPS) is 10.1. The number of methoxy groups -OCH3 is 1. The van der Waals surface area contributed by atoms with Crippen LogP contribution < -0.4 is 15.4 Å². The molecule has 3 amide bonds. The average Bonchev–Trinajstić information content (AvgIpc) is 2.63. The third-order valence-corrected chi connectivity index (χ3v) is 4.02. The molecule has 0 saturated heterocycles. The third-order valence-electron chi connectivity index (χ3n) is 4.02. The number of urea groups is 1. The van der Waals surface area contributed by atoms with E-state index in [-0.39, 0.29) is 5.56 Å². The predicted molar refractivity (Wildman–Crippen MR) is 101 cm³/mol. The highest BCUT2D eigenvalue weighted by Crippen LogP contribution is 2.20. The standard InChI is InChI=1S/C20H22N2O5/c1-12-8-9-17(26-4)15(10-12)19(24)27-11-18(23)22-20(25)21-16-7-5-6-13(2)14(16)3/h5-10H,11H2,1-4H3,(H2,21,22,23,25). The van der Waals surface area contributed by atoms with Gasteiger partial charge in [0.1, 0.15) is 11.3 Å². The number of hydrogen-bond acceptors (Lipinski definition) is 5. The minimum absolute atomic E-state index is 0.213. The molecule has 0 heterocycles. The Morgan fingerprint density at radius 3 is 2.48 bits per heavy atom. The number of benzene rings is 2. The number of aryl methyl sites for hydroxylation is 2. The van der Waals surface area contributed by atoms with E-state index < -0.39 is 24.5 Å². The van der Waals surface area contributed by atoms with Crippen molar-refractivity contribution in [3.8, 4) is 5.75 Å². The van der Waals surface area contributed by atoms with E-state index in [1.165, 1.54) is 7.11 Å². The number of carbonyl (C=O) groups is 3. The molecule has 142 valence electrons. The van der Waals surface area contributed by atoms with Crippen LogP contribution in [-0.4, -0.2) is 31.6 Å². The zero-order chi connectivity index (χ0) is 20.0. The number of hydrogen-bond donors (Lipinski definition) is 2. The summed E-state index contributed by atoms with van der Waals surface area (Å²) in [4.78, 5) is 36.0. The molecule has 0 fully saturated rings. The van der Waals surface area contributed by atoms with Crippen LogP contribution in [0.2, 0.25) is 0 Å². The van der Waals surface area contributed by atoms with E-state index in [4.69, 9.17) is 9.47 Å². The van der Waals surface area contributed by atoms with Crippen molar-refractivity contribution in [2.75, 3.05) is 19.0 Å². The summed E-state index contributed by atoms with van der Waals surface area (Å²) in [5, 5.41) is 4.72. The molecule has 7 nitrogen and oxygen atoms in total. The van der Waals surface area contributed by atoms with Crippen molar-refractivity contribution in [3.63, 3.8) is 0 Å². The zero-order valence-corrected chi connectivity index (χ0v) is 15.7. The molecule has 0 unspecified atom stereocenters. The maximum atomic E-state index is 12.2. The lowest BCUT2D eigenvalue weighted by Crippen LogP contribution is -2.37. The fourth-order valence-corrected chi connectivity index (χ4v) is 2.39. The second kappa shape index (κ2) is 8.84. The van der Waals surface area contributed by atoms with E-state index in [0.29, 0.717) is 11.4 Å². The van der Waals surface area contributed by atoms with Gasteiger partial charge in [0, 0.05) is 5.69 Å². The molecule has 0 aliphatic rings. The maximum absolute atomic E-state index is 12.2. The monoisotopic (exact) mass is 370 g/mol. The van der Waals surface area contributed by atoms with Crippen LogP contribution in [0.1, 0.15) is 27.0 Å². The summed E-state index contributed by atoms with van der Waals surface area (Å²) in [6.07, 6.45) is 0. The van der Waals surface area contributed by atoms with Crippen LogP contribution in [0.15, 0.2) is 36.4 Å². The minimum atomic E-state index is -0.738. The first-order valence-electron chi connectivity index (χ1n) is 8.30. The van der Waals surface area contributed by atoms with Gasteiger partial charge in [-0.3, -0.25) is 10.1 Å². The highest BCUT2D eigenvalue weighted by Gasteiger charge is 2.17. The highest BCUT2D eigenvalue weighted by molar-refractivity contribution is 6.02. The van der Waals surface area contributed by atoms with E-state index in [1.54, 1.807) is 30.3 Å². The van der Waals surface area contributed by atoms with Crippen LogP contribution in [0.4, 0.5) is 10.5 Å². The van der Waals surface area contributed by atoms with Gasteiger partial charge in [0.05, 0.1) is 7.11 Å². The molecule has 0 radical (unpaired) electrons. The van der Waals surface area contributed by atoms with Crippen molar-refractivity contribution in [2.45, 2.75) is 20.8 Å². The molecule has 2 aromatic carbocycles. The number of amides is 3. The van der Waals surface area contributed by atoms with Gasteiger partial charge in [-0.2, -0.15) is 0 Å². The quantitative estimate of drug-likeness (QED) is 0.789. The molecule has 2 N–H and O–H groups in total. The summed E-state index contributed by atoms with van der Waals surface area (Å²) < 4.78 is 10.1. The van der Waals surface area contributed by atoms with Crippen LogP contribution in [0.3, 0.4) is 0 Å². The molecular weight excluding hydrogens is 348 g/mol. The van der Waals surface area contributed by atoms with Gasteiger partial charge in [-0.1, -0.05) is 23.8 Å². The van der Waals surface area contributed by atoms with Crippen molar-refractivity contribution in [1.82, 2.24) is 5.32 Å².